The third-order valence-electron chi connectivity index (χ3n) is 4.09. The topological polar surface area (TPSA) is 58.6 Å². The number of piperidine rings is 1. The van der Waals surface area contributed by atoms with Gasteiger partial charge in [0, 0.05) is 31.5 Å². The van der Waals surface area contributed by atoms with Crippen LogP contribution in [0, 0.1) is 0 Å². The number of ketones is 1. The molecule has 2 fully saturated rings. The molecule has 0 radical (unpaired) electrons. The lowest BCUT2D eigenvalue weighted by atomic mass is 9.91. The standard InChI is InChI=1S/C15H18N2O3/c18-13(12-4-2-1-3-5-12)10-17-8-6-15(7-9-17)11-16-14(19)20-15/h1-5H,6-11H2,(H,16,19). The van der Waals surface area contributed by atoms with Crippen LogP contribution in [0.2, 0.25) is 0 Å². The van der Waals surface area contributed by atoms with Crippen molar-refractivity contribution in [2.24, 2.45) is 0 Å². The molecule has 2 aliphatic rings. The van der Waals surface area contributed by atoms with Crippen LogP contribution in [0.3, 0.4) is 0 Å². The zero-order valence-corrected chi connectivity index (χ0v) is 11.3. The molecule has 0 bridgehead atoms. The fraction of sp³-hybridized carbons (Fsp3) is 0.467. The van der Waals surface area contributed by atoms with Crippen LogP contribution in [0.4, 0.5) is 4.79 Å². The number of hydrogen-bond acceptors (Lipinski definition) is 4. The highest BCUT2D eigenvalue weighted by Crippen LogP contribution is 2.29. The molecule has 0 aromatic heterocycles. The van der Waals surface area contributed by atoms with Crippen molar-refractivity contribution in [2.45, 2.75) is 18.4 Å². The quantitative estimate of drug-likeness (QED) is 0.847. The lowest BCUT2D eigenvalue weighted by Gasteiger charge is -2.36. The third-order valence-corrected chi connectivity index (χ3v) is 4.09. The monoisotopic (exact) mass is 274 g/mol. The smallest absolute Gasteiger partial charge is 0.407 e. The Bertz CT molecular complexity index is 507. The molecule has 3 rings (SSSR count). The van der Waals surface area contributed by atoms with Gasteiger partial charge >= 0.3 is 6.09 Å². The van der Waals surface area contributed by atoms with Crippen molar-refractivity contribution < 1.29 is 14.3 Å². The van der Waals surface area contributed by atoms with Gasteiger partial charge in [-0.1, -0.05) is 30.3 Å². The van der Waals surface area contributed by atoms with E-state index in [1.165, 1.54) is 0 Å². The summed E-state index contributed by atoms with van der Waals surface area (Å²) in [7, 11) is 0. The molecule has 1 spiro atoms. The third kappa shape index (κ3) is 2.67. The van der Waals surface area contributed by atoms with Gasteiger partial charge in [0.25, 0.3) is 0 Å². The molecule has 5 nitrogen and oxygen atoms in total. The Morgan fingerprint density at radius 3 is 2.55 bits per heavy atom. The summed E-state index contributed by atoms with van der Waals surface area (Å²) in [5.74, 6) is 0.142. The Labute approximate surface area is 117 Å². The number of hydrogen-bond donors (Lipinski definition) is 1. The van der Waals surface area contributed by atoms with Crippen LogP contribution in [0.25, 0.3) is 0 Å². The van der Waals surface area contributed by atoms with Gasteiger partial charge in [0.05, 0.1) is 13.1 Å². The van der Waals surface area contributed by atoms with Crippen LogP contribution in [0.1, 0.15) is 23.2 Å². The lowest BCUT2D eigenvalue weighted by Crippen LogP contribution is -2.47. The first kappa shape index (κ1) is 13.1. The van der Waals surface area contributed by atoms with E-state index >= 15 is 0 Å². The summed E-state index contributed by atoms with van der Waals surface area (Å²) in [4.78, 5) is 25.4. The highest BCUT2D eigenvalue weighted by atomic mass is 16.6. The summed E-state index contributed by atoms with van der Waals surface area (Å²) in [6, 6.07) is 9.35. The van der Waals surface area contributed by atoms with E-state index in [9.17, 15) is 9.59 Å². The zero-order valence-electron chi connectivity index (χ0n) is 11.3. The van der Waals surface area contributed by atoms with E-state index in [-0.39, 0.29) is 17.5 Å². The Hall–Kier alpha value is -1.88. The summed E-state index contributed by atoms with van der Waals surface area (Å²) in [5, 5.41) is 2.71. The summed E-state index contributed by atoms with van der Waals surface area (Å²) in [5.41, 5.74) is 0.408. The highest BCUT2D eigenvalue weighted by Gasteiger charge is 2.42. The second-order valence-corrected chi connectivity index (χ2v) is 5.49. The highest BCUT2D eigenvalue weighted by molar-refractivity contribution is 5.97. The number of nitrogens with one attached hydrogen (secondary N) is 1. The van der Waals surface area contributed by atoms with E-state index in [2.05, 4.69) is 10.2 Å². The molecule has 0 unspecified atom stereocenters. The first-order valence-corrected chi connectivity index (χ1v) is 6.94. The van der Waals surface area contributed by atoms with Crippen molar-refractivity contribution in [1.29, 1.82) is 0 Å². The van der Waals surface area contributed by atoms with Crippen LogP contribution in [-0.2, 0) is 4.74 Å². The Morgan fingerprint density at radius 1 is 1.25 bits per heavy atom. The molecule has 2 heterocycles. The first-order chi connectivity index (χ1) is 9.67. The first-order valence-electron chi connectivity index (χ1n) is 6.94. The van der Waals surface area contributed by atoms with E-state index in [4.69, 9.17) is 4.74 Å². The average molecular weight is 274 g/mol. The fourth-order valence-electron chi connectivity index (χ4n) is 2.82. The number of carbonyl (C=O) groups excluding carboxylic acids is 2. The zero-order chi connectivity index (χ0) is 14.0. The molecule has 106 valence electrons. The molecule has 20 heavy (non-hydrogen) atoms. The van der Waals surface area contributed by atoms with E-state index in [1.807, 2.05) is 30.3 Å². The predicted octanol–water partition coefficient (Wildman–Crippen LogP) is 1.44. The number of nitrogens with zero attached hydrogens (tertiary/aromatic N) is 1. The van der Waals surface area contributed by atoms with E-state index in [0.717, 1.165) is 31.5 Å². The maximum absolute atomic E-state index is 12.1. The van der Waals surface area contributed by atoms with Gasteiger partial charge in [-0.05, 0) is 0 Å². The van der Waals surface area contributed by atoms with Gasteiger partial charge in [0.1, 0.15) is 5.60 Å². The van der Waals surface area contributed by atoms with Crippen LogP contribution < -0.4 is 5.32 Å². The van der Waals surface area contributed by atoms with E-state index in [1.54, 1.807) is 0 Å². The number of likely N-dealkylation sites (tertiary alicyclic amines) is 1. The Morgan fingerprint density at radius 2 is 1.95 bits per heavy atom. The van der Waals surface area contributed by atoms with Crippen molar-refractivity contribution >= 4 is 11.9 Å². The molecule has 1 aromatic rings. The van der Waals surface area contributed by atoms with Crippen LogP contribution >= 0.6 is 0 Å². The SMILES string of the molecule is O=C1NCC2(CCN(CC(=O)c3ccccc3)CC2)O1. The molecule has 0 saturated carbocycles. The molecule has 2 saturated heterocycles. The molecule has 0 aliphatic carbocycles. The normalized spacial score (nSPS) is 21.5. The number of Topliss-reactive ketones (excluding diaryl/α,β-unsaturated/α-hetero) is 1. The largest absolute Gasteiger partial charge is 0.441 e. The maximum atomic E-state index is 12.1. The molecule has 1 aromatic carbocycles. The second kappa shape index (κ2) is 5.25. The maximum Gasteiger partial charge on any atom is 0.407 e. The predicted molar refractivity (Wildman–Crippen MR) is 73.7 cm³/mol. The number of ether oxygens (including phenoxy) is 1. The molecule has 2 aliphatic heterocycles. The van der Waals surface area contributed by atoms with Crippen LogP contribution in [-0.4, -0.2) is 48.6 Å². The van der Waals surface area contributed by atoms with E-state index < -0.39 is 0 Å². The number of benzene rings is 1. The Balaban J connectivity index is 1.54. The van der Waals surface area contributed by atoms with Gasteiger partial charge in [-0.15, -0.1) is 0 Å². The molecule has 0 atom stereocenters. The summed E-state index contributed by atoms with van der Waals surface area (Å²) >= 11 is 0. The molecule has 1 N–H and O–H groups in total. The van der Waals surface area contributed by atoms with Crippen LogP contribution in [0.15, 0.2) is 30.3 Å². The molecular formula is C15H18N2O3. The van der Waals surface area contributed by atoms with Gasteiger partial charge in [0.2, 0.25) is 0 Å². The Kier molecular flexibility index (Phi) is 3.44. The molecule has 5 heteroatoms. The van der Waals surface area contributed by atoms with Gasteiger partial charge < -0.3 is 10.1 Å². The van der Waals surface area contributed by atoms with Crippen LogP contribution in [0.5, 0.6) is 0 Å². The summed E-state index contributed by atoms with van der Waals surface area (Å²) in [6.45, 7) is 2.59. The minimum absolute atomic E-state index is 0.142. The van der Waals surface area contributed by atoms with Gasteiger partial charge in [0.15, 0.2) is 5.78 Å². The van der Waals surface area contributed by atoms with Crippen molar-refractivity contribution in [3.8, 4) is 0 Å². The lowest BCUT2D eigenvalue weighted by molar-refractivity contribution is 0.00172. The average Bonchev–Trinajstić information content (AvgIpc) is 2.84. The van der Waals surface area contributed by atoms with Crippen molar-refractivity contribution in [2.75, 3.05) is 26.2 Å². The minimum Gasteiger partial charge on any atom is -0.441 e. The fourth-order valence-corrected chi connectivity index (χ4v) is 2.82. The van der Waals surface area contributed by atoms with Gasteiger partial charge in [-0.2, -0.15) is 0 Å². The van der Waals surface area contributed by atoms with Gasteiger partial charge in [-0.25, -0.2) is 4.79 Å². The number of amides is 1. The molecular weight excluding hydrogens is 256 g/mol. The van der Waals surface area contributed by atoms with E-state index in [0.29, 0.717) is 13.1 Å². The second-order valence-electron chi connectivity index (χ2n) is 5.49. The number of alkyl carbamates (subject to hydrolysis) is 1. The van der Waals surface area contributed by atoms with Crippen molar-refractivity contribution in [3.05, 3.63) is 35.9 Å². The summed E-state index contributed by atoms with van der Waals surface area (Å²) in [6.07, 6.45) is 1.25. The van der Waals surface area contributed by atoms with Gasteiger partial charge in [-0.3, -0.25) is 9.69 Å². The van der Waals surface area contributed by atoms with Crippen molar-refractivity contribution in [3.63, 3.8) is 0 Å². The summed E-state index contributed by atoms with van der Waals surface area (Å²) < 4.78 is 5.37. The minimum atomic E-state index is -0.344. The molecule has 1 amide bonds. The number of carbonyl (C=O) groups is 2. The van der Waals surface area contributed by atoms with Crippen molar-refractivity contribution in [1.82, 2.24) is 10.2 Å². The number of rotatable bonds is 3.